The van der Waals surface area contributed by atoms with Crippen molar-refractivity contribution in [3.63, 3.8) is 0 Å². The molecule has 132 valence electrons. The number of rotatable bonds is 6. The summed E-state index contributed by atoms with van der Waals surface area (Å²) in [7, 11) is 0. The van der Waals surface area contributed by atoms with Gasteiger partial charge in [0.1, 0.15) is 17.3 Å². The van der Waals surface area contributed by atoms with Crippen LogP contribution in [0, 0.1) is 6.92 Å². The molecule has 0 atom stereocenters. The highest BCUT2D eigenvalue weighted by Crippen LogP contribution is 2.26. The monoisotopic (exact) mass is 349 g/mol. The minimum atomic E-state index is -0.943. The van der Waals surface area contributed by atoms with E-state index >= 15 is 0 Å². The van der Waals surface area contributed by atoms with Gasteiger partial charge < -0.3 is 14.3 Å². The normalized spacial score (nSPS) is 11.0. The van der Waals surface area contributed by atoms with Gasteiger partial charge in [0.15, 0.2) is 0 Å². The van der Waals surface area contributed by atoms with Crippen LogP contribution in [0.3, 0.4) is 0 Å². The van der Waals surface area contributed by atoms with Crippen molar-refractivity contribution in [3.05, 3.63) is 71.5 Å². The van der Waals surface area contributed by atoms with Crippen LogP contribution in [0.4, 0.5) is 5.69 Å². The van der Waals surface area contributed by atoms with Gasteiger partial charge in [-0.2, -0.15) is 0 Å². The van der Waals surface area contributed by atoms with Gasteiger partial charge in [-0.15, -0.1) is 0 Å². The number of carbonyl (C=O) groups is 1. The Labute approximate surface area is 151 Å². The predicted octanol–water partition coefficient (Wildman–Crippen LogP) is 5.10. The van der Waals surface area contributed by atoms with Gasteiger partial charge in [0, 0.05) is 11.6 Å². The quantitative estimate of drug-likeness (QED) is 0.628. The average molecular weight is 349 g/mol. The van der Waals surface area contributed by atoms with E-state index in [9.17, 15) is 4.79 Å². The number of carboxylic acids is 1. The zero-order chi connectivity index (χ0) is 18.5. The van der Waals surface area contributed by atoms with Gasteiger partial charge in [0.25, 0.3) is 0 Å². The van der Waals surface area contributed by atoms with Gasteiger partial charge in [-0.25, -0.2) is 4.79 Å². The molecule has 5 heteroatoms. The van der Waals surface area contributed by atoms with Crippen molar-refractivity contribution in [2.75, 3.05) is 6.61 Å². The van der Waals surface area contributed by atoms with Crippen molar-refractivity contribution in [3.8, 4) is 17.1 Å². The molecule has 0 unspecified atom stereocenters. The van der Waals surface area contributed by atoms with Crippen molar-refractivity contribution < 1.29 is 19.1 Å². The number of aliphatic imine (C=N–C) groups is 1. The molecule has 3 aromatic rings. The number of aromatic carboxylic acids is 1. The highest BCUT2D eigenvalue weighted by atomic mass is 16.5. The van der Waals surface area contributed by atoms with Crippen molar-refractivity contribution in [2.45, 2.75) is 13.8 Å². The van der Waals surface area contributed by atoms with E-state index in [0.717, 1.165) is 22.6 Å². The Morgan fingerprint density at radius 1 is 1.19 bits per heavy atom. The lowest BCUT2D eigenvalue weighted by Gasteiger charge is -2.04. The smallest absolute Gasteiger partial charge is 0.335 e. The summed E-state index contributed by atoms with van der Waals surface area (Å²) < 4.78 is 11.3. The first-order valence-electron chi connectivity index (χ1n) is 8.28. The molecule has 0 aliphatic heterocycles. The second kappa shape index (κ2) is 7.70. The molecule has 3 rings (SSSR count). The summed E-state index contributed by atoms with van der Waals surface area (Å²) in [6, 6.07) is 16.2. The number of benzene rings is 2. The van der Waals surface area contributed by atoms with E-state index < -0.39 is 5.97 Å². The van der Waals surface area contributed by atoms with Crippen molar-refractivity contribution >= 4 is 17.9 Å². The lowest BCUT2D eigenvalue weighted by molar-refractivity contribution is 0.0697. The lowest BCUT2D eigenvalue weighted by Crippen LogP contribution is -1.96. The van der Waals surface area contributed by atoms with Gasteiger partial charge in [0.2, 0.25) is 0 Å². The summed E-state index contributed by atoms with van der Waals surface area (Å²) >= 11 is 0. The standard InChI is InChI=1S/C21H19NO4/c1-3-25-17-6-4-5-16(12-17)22-13-18-8-10-20(26-18)19-9-7-15(21(23)24)11-14(19)2/h4-13H,3H2,1-2H3,(H,23,24). The molecule has 0 spiro atoms. The van der Waals surface area contributed by atoms with E-state index in [-0.39, 0.29) is 5.56 Å². The lowest BCUT2D eigenvalue weighted by atomic mass is 10.0. The van der Waals surface area contributed by atoms with Crippen LogP contribution in [-0.2, 0) is 0 Å². The topological polar surface area (TPSA) is 72.0 Å². The summed E-state index contributed by atoms with van der Waals surface area (Å²) in [5.41, 5.74) is 2.73. The predicted molar refractivity (Wildman–Crippen MR) is 101 cm³/mol. The molecule has 0 aliphatic rings. The number of furan rings is 1. The van der Waals surface area contributed by atoms with E-state index in [4.69, 9.17) is 14.3 Å². The van der Waals surface area contributed by atoms with E-state index in [0.29, 0.717) is 18.1 Å². The third-order valence-corrected chi connectivity index (χ3v) is 3.84. The van der Waals surface area contributed by atoms with E-state index in [1.54, 1.807) is 24.4 Å². The molecule has 1 heterocycles. The molecule has 1 N–H and O–H groups in total. The number of aryl methyl sites for hydroxylation is 1. The fourth-order valence-electron chi connectivity index (χ4n) is 2.60. The molecule has 0 fully saturated rings. The van der Waals surface area contributed by atoms with Crippen LogP contribution in [0.2, 0.25) is 0 Å². The molecular weight excluding hydrogens is 330 g/mol. The molecule has 26 heavy (non-hydrogen) atoms. The fraction of sp³-hybridized carbons (Fsp3) is 0.143. The number of nitrogens with zero attached hydrogens (tertiary/aromatic N) is 1. The molecule has 1 aromatic heterocycles. The zero-order valence-corrected chi connectivity index (χ0v) is 14.6. The maximum Gasteiger partial charge on any atom is 0.335 e. The van der Waals surface area contributed by atoms with Gasteiger partial charge in [-0.1, -0.05) is 12.1 Å². The van der Waals surface area contributed by atoms with Crippen LogP contribution < -0.4 is 4.74 Å². The first kappa shape index (κ1) is 17.5. The fourth-order valence-corrected chi connectivity index (χ4v) is 2.60. The maximum absolute atomic E-state index is 11.0. The Hall–Kier alpha value is -3.34. The molecule has 0 aliphatic carbocycles. The third kappa shape index (κ3) is 4.00. The van der Waals surface area contributed by atoms with Crippen molar-refractivity contribution in [1.82, 2.24) is 0 Å². The second-order valence-corrected chi connectivity index (χ2v) is 5.73. The molecule has 2 aromatic carbocycles. The Morgan fingerprint density at radius 3 is 2.77 bits per heavy atom. The molecule has 0 amide bonds. The molecule has 0 saturated carbocycles. The molecule has 5 nitrogen and oxygen atoms in total. The van der Waals surface area contributed by atoms with Crippen molar-refractivity contribution in [1.29, 1.82) is 0 Å². The van der Waals surface area contributed by atoms with Crippen molar-refractivity contribution in [2.24, 2.45) is 4.99 Å². The van der Waals surface area contributed by atoms with Gasteiger partial charge >= 0.3 is 5.97 Å². The van der Waals surface area contributed by atoms with Crippen LogP contribution in [0.25, 0.3) is 11.3 Å². The van der Waals surface area contributed by atoms with E-state index in [1.807, 2.05) is 50.2 Å². The minimum absolute atomic E-state index is 0.258. The Balaban J connectivity index is 1.80. The average Bonchev–Trinajstić information content (AvgIpc) is 3.09. The Kier molecular flexibility index (Phi) is 5.17. The summed E-state index contributed by atoms with van der Waals surface area (Å²) in [5.74, 6) is 1.12. The minimum Gasteiger partial charge on any atom is -0.494 e. The summed E-state index contributed by atoms with van der Waals surface area (Å²) in [6.45, 7) is 4.40. The third-order valence-electron chi connectivity index (χ3n) is 3.84. The number of ether oxygens (including phenoxy) is 1. The highest BCUT2D eigenvalue weighted by Gasteiger charge is 2.10. The van der Waals surface area contributed by atoms with Gasteiger partial charge in [-0.05, 0) is 55.8 Å². The van der Waals surface area contributed by atoms with Crippen LogP contribution in [0.5, 0.6) is 5.75 Å². The summed E-state index contributed by atoms with van der Waals surface area (Å²) in [6.07, 6.45) is 1.65. The Bertz CT molecular complexity index is 956. The van der Waals surface area contributed by atoms with Crippen LogP contribution in [-0.4, -0.2) is 23.9 Å². The first-order chi connectivity index (χ1) is 12.6. The molecule has 0 saturated heterocycles. The van der Waals surface area contributed by atoms with Gasteiger partial charge in [0.05, 0.1) is 24.1 Å². The van der Waals surface area contributed by atoms with E-state index in [2.05, 4.69) is 4.99 Å². The van der Waals surface area contributed by atoms with Crippen LogP contribution in [0.1, 0.15) is 28.6 Å². The largest absolute Gasteiger partial charge is 0.494 e. The number of carboxylic acid groups (broad SMARTS) is 1. The maximum atomic E-state index is 11.0. The first-order valence-corrected chi connectivity index (χ1v) is 8.28. The van der Waals surface area contributed by atoms with E-state index in [1.165, 1.54) is 0 Å². The Morgan fingerprint density at radius 2 is 2.04 bits per heavy atom. The van der Waals surface area contributed by atoms with Crippen LogP contribution >= 0.6 is 0 Å². The molecule has 0 bridgehead atoms. The highest BCUT2D eigenvalue weighted by molar-refractivity contribution is 5.89. The van der Waals surface area contributed by atoms with Crippen LogP contribution in [0.15, 0.2) is 64.0 Å². The molecular formula is C21H19NO4. The number of hydrogen-bond donors (Lipinski definition) is 1. The zero-order valence-electron chi connectivity index (χ0n) is 14.6. The molecule has 0 radical (unpaired) electrons. The van der Waals surface area contributed by atoms with Gasteiger partial charge in [-0.3, -0.25) is 4.99 Å². The second-order valence-electron chi connectivity index (χ2n) is 5.73. The SMILES string of the molecule is CCOc1cccc(N=Cc2ccc(-c3ccc(C(=O)O)cc3C)o2)c1. The summed E-state index contributed by atoms with van der Waals surface area (Å²) in [4.78, 5) is 15.4. The number of hydrogen-bond acceptors (Lipinski definition) is 4. The summed E-state index contributed by atoms with van der Waals surface area (Å²) in [5, 5.41) is 9.06.